The van der Waals surface area contributed by atoms with Crippen LogP contribution in [-0.4, -0.2) is 11.3 Å². The molecule has 15 heavy (non-hydrogen) atoms. The highest BCUT2D eigenvalue weighted by molar-refractivity contribution is 7.80. The maximum absolute atomic E-state index is 5.20. The largest absolute Gasteiger partial charge is 0.375 e. The zero-order valence-electron chi connectivity index (χ0n) is 9.58. The molecule has 0 saturated heterocycles. The zero-order chi connectivity index (χ0) is 11.7. The molecule has 0 atom stereocenters. The average molecular weight is 225 g/mol. The summed E-state index contributed by atoms with van der Waals surface area (Å²) in [5, 5.41) is 4.00. The van der Waals surface area contributed by atoms with E-state index in [-0.39, 0.29) is 5.11 Å². The molecule has 0 aromatic rings. The molecule has 0 radical (unpaired) electrons. The van der Waals surface area contributed by atoms with Crippen LogP contribution in [-0.2, 0) is 0 Å². The van der Waals surface area contributed by atoms with Crippen molar-refractivity contribution in [3.63, 3.8) is 0 Å². The van der Waals surface area contributed by atoms with Crippen LogP contribution in [0.15, 0.2) is 28.4 Å². The molecule has 0 aliphatic rings. The SMILES string of the molecule is CC(C)=CCC/C(C)=C\C=N/NC(N)=S. The summed E-state index contributed by atoms with van der Waals surface area (Å²) in [5.41, 5.74) is 10.3. The minimum absolute atomic E-state index is 0.182. The van der Waals surface area contributed by atoms with E-state index in [0.717, 1.165) is 12.8 Å². The molecule has 84 valence electrons. The van der Waals surface area contributed by atoms with Crippen LogP contribution in [0.1, 0.15) is 33.6 Å². The summed E-state index contributed by atoms with van der Waals surface area (Å²) in [5.74, 6) is 0. The molecule has 0 aliphatic carbocycles. The maximum Gasteiger partial charge on any atom is 0.184 e. The number of hydrazone groups is 1. The molecule has 0 rings (SSSR count). The van der Waals surface area contributed by atoms with Gasteiger partial charge in [-0.15, -0.1) is 0 Å². The number of nitrogens with two attached hydrogens (primary N) is 1. The Balaban J connectivity index is 3.84. The highest BCUT2D eigenvalue weighted by Crippen LogP contribution is 2.05. The van der Waals surface area contributed by atoms with Gasteiger partial charge in [-0.05, 0) is 51.9 Å². The lowest BCUT2D eigenvalue weighted by atomic mass is 10.1. The third-order valence-corrected chi connectivity index (χ3v) is 1.79. The fraction of sp³-hybridized carbons (Fsp3) is 0.455. The summed E-state index contributed by atoms with van der Waals surface area (Å²) in [6.45, 7) is 6.28. The van der Waals surface area contributed by atoms with Gasteiger partial charge >= 0.3 is 0 Å². The number of hydrogen-bond acceptors (Lipinski definition) is 2. The molecule has 0 saturated carbocycles. The Kier molecular flexibility index (Phi) is 7.54. The number of allylic oxidation sites excluding steroid dienone is 4. The van der Waals surface area contributed by atoms with Crippen molar-refractivity contribution in [2.24, 2.45) is 10.8 Å². The standard InChI is InChI=1S/C11H19N3S/c1-9(2)5-4-6-10(3)7-8-13-14-11(12)15/h5,7-8H,4,6H2,1-3H3,(H3,12,14,15)/b10-7-,13-8-. The number of thiocarbonyl (C=S) groups is 1. The van der Waals surface area contributed by atoms with E-state index in [9.17, 15) is 0 Å². The second-order valence-electron chi connectivity index (χ2n) is 3.59. The maximum atomic E-state index is 5.20. The van der Waals surface area contributed by atoms with Gasteiger partial charge in [0.15, 0.2) is 5.11 Å². The van der Waals surface area contributed by atoms with Gasteiger partial charge in [-0.3, -0.25) is 5.43 Å². The molecule has 0 spiro atoms. The van der Waals surface area contributed by atoms with E-state index < -0.39 is 0 Å². The molecule has 0 aliphatic heterocycles. The fourth-order valence-corrected chi connectivity index (χ4v) is 0.990. The zero-order valence-corrected chi connectivity index (χ0v) is 10.4. The minimum Gasteiger partial charge on any atom is -0.375 e. The molecule has 0 heterocycles. The lowest BCUT2D eigenvalue weighted by Crippen LogP contribution is -2.23. The molecule has 4 heteroatoms. The first-order valence-corrected chi connectivity index (χ1v) is 5.31. The highest BCUT2D eigenvalue weighted by Gasteiger charge is 1.87. The second kappa shape index (κ2) is 8.17. The van der Waals surface area contributed by atoms with E-state index in [1.54, 1.807) is 6.21 Å². The fourth-order valence-electron chi connectivity index (χ4n) is 0.937. The van der Waals surface area contributed by atoms with Gasteiger partial charge in [-0.1, -0.05) is 17.2 Å². The van der Waals surface area contributed by atoms with Gasteiger partial charge in [0.1, 0.15) is 0 Å². The Bertz CT molecular complexity index is 286. The monoisotopic (exact) mass is 225 g/mol. The van der Waals surface area contributed by atoms with Gasteiger partial charge in [-0.25, -0.2) is 0 Å². The van der Waals surface area contributed by atoms with Crippen molar-refractivity contribution in [3.05, 3.63) is 23.3 Å². The van der Waals surface area contributed by atoms with E-state index in [2.05, 4.69) is 49.6 Å². The van der Waals surface area contributed by atoms with Crippen molar-refractivity contribution in [3.8, 4) is 0 Å². The van der Waals surface area contributed by atoms with Crippen LogP contribution in [0.4, 0.5) is 0 Å². The average Bonchev–Trinajstić information content (AvgIpc) is 2.11. The van der Waals surface area contributed by atoms with Crippen molar-refractivity contribution < 1.29 is 0 Å². The molecule has 0 fully saturated rings. The molecule has 0 aromatic carbocycles. The summed E-state index contributed by atoms with van der Waals surface area (Å²) in [4.78, 5) is 0. The van der Waals surface area contributed by atoms with E-state index in [1.165, 1.54) is 11.1 Å². The molecule has 3 nitrogen and oxygen atoms in total. The first-order chi connectivity index (χ1) is 7.02. The van der Waals surface area contributed by atoms with Gasteiger partial charge < -0.3 is 5.73 Å². The van der Waals surface area contributed by atoms with Crippen LogP contribution in [0.25, 0.3) is 0 Å². The van der Waals surface area contributed by atoms with Crippen LogP contribution in [0.3, 0.4) is 0 Å². The molecule has 0 amide bonds. The van der Waals surface area contributed by atoms with Gasteiger partial charge in [0, 0.05) is 6.21 Å². The quantitative estimate of drug-likeness (QED) is 0.327. The Morgan fingerprint density at radius 2 is 2.07 bits per heavy atom. The minimum atomic E-state index is 0.182. The number of nitrogens with zero attached hydrogens (tertiary/aromatic N) is 1. The lowest BCUT2D eigenvalue weighted by Gasteiger charge is -1.96. The van der Waals surface area contributed by atoms with Gasteiger partial charge in [-0.2, -0.15) is 5.10 Å². The smallest absolute Gasteiger partial charge is 0.184 e. The third-order valence-electron chi connectivity index (χ3n) is 1.70. The molecule has 0 aromatic heterocycles. The number of nitrogens with one attached hydrogen (secondary N) is 1. The molecular formula is C11H19N3S. The van der Waals surface area contributed by atoms with Crippen LogP contribution >= 0.6 is 12.2 Å². The summed E-state index contributed by atoms with van der Waals surface area (Å²) >= 11 is 4.60. The van der Waals surface area contributed by atoms with Crippen LogP contribution in [0, 0.1) is 0 Å². The molecule has 3 N–H and O–H groups in total. The first-order valence-electron chi connectivity index (χ1n) is 4.90. The summed E-state index contributed by atoms with van der Waals surface area (Å²) in [6, 6.07) is 0. The van der Waals surface area contributed by atoms with Gasteiger partial charge in [0.25, 0.3) is 0 Å². The Labute approximate surface area is 97.1 Å². The number of rotatable bonds is 5. The third kappa shape index (κ3) is 10.8. The molecule has 0 unspecified atom stereocenters. The van der Waals surface area contributed by atoms with Crippen molar-refractivity contribution in [2.45, 2.75) is 33.6 Å². The van der Waals surface area contributed by atoms with Crippen molar-refractivity contribution >= 4 is 23.5 Å². The van der Waals surface area contributed by atoms with E-state index in [0.29, 0.717) is 0 Å². The predicted octanol–water partition coefficient (Wildman–Crippen LogP) is 2.50. The normalized spacial score (nSPS) is 11.5. The summed E-state index contributed by atoms with van der Waals surface area (Å²) in [6.07, 6.45) is 7.95. The Morgan fingerprint density at radius 1 is 1.40 bits per heavy atom. The second-order valence-corrected chi connectivity index (χ2v) is 4.03. The van der Waals surface area contributed by atoms with Crippen LogP contribution in [0.2, 0.25) is 0 Å². The van der Waals surface area contributed by atoms with Gasteiger partial charge in [0.05, 0.1) is 0 Å². The highest BCUT2D eigenvalue weighted by atomic mass is 32.1. The van der Waals surface area contributed by atoms with E-state index in [1.807, 2.05) is 6.08 Å². The Hall–Kier alpha value is -1.16. The summed E-state index contributed by atoms with van der Waals surface area (Å²) in [7, 11) is 0. The van der Waals surface area contributed by atoms with Crippen LogP contribution < -0.4 is 11.2 Å². The predicted molar refractivity (Wildman–Crippen MR) is 70.8 cm³/mol. The van der Waals surface area contributed by atoms with Gasteiger partial charge in [0.2, 0.25) is 0 Å². The lowest BCUT2D eigenvalue weighted by molar-refractivity contribution is 0.968. The Morgan fingerprint density at radius 3 is 2.60 bits per heavy atom. The number of hydrogen-bond donors (Lipinski definition) is 2. The molecular weight excluding hydrogens is 206 g/mol. The van der Waals surface area contributed by atoms with Crippen LogP contribution in [0.5, 0.6) is 0 Å². The first kappa shape index (κ1) is 13.8. The summed E-state index contributed by atoms with van der Waals surface area (Å²) < 4.78 is 0. The van der Waals surface area contributed by atoms with Crippen molar-refractivity contribution in [1.29, 1.82) is 0 Å². The van der Waals surface area contributed by atoms with Crippen molar-refractivity contribution in [2.75, 3.05) is 0 Å². The van der Waals surface area contributed by atoms with E-state index in [4.69, 9.17) is 5.73 Å². The molecule has 0 bridgehead atoms. The van der Waals surface area contributed by atoms with E-state index >= 15 is 0 Å². The van der Waals surface area contributed by atoms with Crippen molar-refractivity contribution in [1.82, 2.24) is 5.43 Å². The topological polar surface area (TPSA) is 50.4 Å².